The van der Waals surface area contributed by atoms with Gasteiger partial charge in [0.05, 0.1) is 6.42 Å². The molecule has 0 saturated carbocycles. The van der Waals surface area contributed by atoms with Crippen LogP contribution in [0.3, 0.4) is 0 Å². The molecule has 0 aliphatic carbocycles. The van der Waals surface area contributed by atoms with Crippen LogP contribution in [0.15, 0.2) is 9.75 Å². The van der Waals surface area contributed by atoms with Crippen LogP contribution >= 0.6 is 11.8 Å². The van der Waals surface area contributed by atoms with E-state index in [9.17, 15) is 4.79 Å². The van der Waals surface area contributed by atoms with Crippen LogP contribution in [0.5, 0.6) is 0 Å². The molecule has 1 rings (SSSR count). The molecule has 1 aromatic heterocycles. The topological polar surface area (TPSA) is 56.0 Å². The number of carbonyl (C=O) groups is 1. The zero-order valence-corrected chi connectivity index (χ0v) is 7.85. The van der Waals surface area contributed by atoms with Gasteiger partial charge in [0.15, 0.2) is 5.82 Å². The fourth-order valence-electron chi connectivity index (χ4n) is 0.715. The molecule has 0 aliphatic heterocycles. The Hall–Kier alpha value is -0.840. The number of aromatic nitrogens is 2. The van der Waals surface area contributed by atoms with Crippen LogP contribution < -0.4 is 0 Å². The lowest BCUT2D eigenvalue weighted by Gasteiger charge is -1.84. The zero-order valence-electron chi connectivity index (χ0n) is 7.03. The highest BCUT2D eigenvalue weighted by Gasteiger charge is 2.07. The molecule has 0 aromatic carbocycles. The van der Waals surface area contributed by atoms with E-state index < -0.39 is 0 Å². The summed E-state index contributed by atoms with van der Waals surface area (Å²) in [7, 11) is 0. The van der Waals surface area contributed by atoms with E-state index in [1.165, 1.54) is 18.7 Å². The molecule has 0 N–H and O–H groups in total. The molecular formula is C7H10N2O2S. The minimum absolute atomic E-state index is 0.0452. The van der Waals surface area contributed by atoms with Crippen molar-refractivity contribution in [2.45, 2.75) is 25.5 Å². The van der Waals surface area contributed by atoms with E-state index >= 15 is 0 Å². The van der Waals surface area contributed by atoms with Gasteiger partial charge in [0.1, 0.15) is 5.78 Å². The van der Waals surface area contributed by atoms with Crippen LogP contribution in [-0.4, -0.2) is 21.7 Å². The lowest BCUT2D eigenvalue weighted by atomic mass is 10.3. The van der Waals surface area contributed by atoms with Crippen molar-refractivity contribution in [2.75, 3.05) is 5.75 Å². The minimum atomic E-state index is 0.0452. The fraction of sp³-hybridized carbons (Fsp3) is 0.571. The van der Waals surface area contributed by atoms with Gasteiger partial charge in [-0.1, -0.05) is 23.8 Å². The molecule has 0 bridgehead atoms. The van der Waals surface area contributed by atoms with Gasteiger partial charge in [0, 0.05) is 0 Å². The summed E-state index contributed by atoms with van der Waals surface area (Å²) in [6.07, 6.45) is 0.258. The average Bonchev–Trinajstić information content (AvgIpc) is 2.36. The number of nitrogens with zero attached hydrogens (tertiary/aromatic N) is 2. The van der Waals surface area contributed by atoms with Gasteiger partial charge >= 0.3 is 0 Å². The summed E-state index contributed by atoms with van der Waals surface area (Å²) < 4.78 is 4.86. The standard InChI is InChI=1S/C7H10N2O2S/c1-3-12-7-8-6(9-11-7)4-5(2)10/h3-4H2,1-2H3. The van der Waals surface area contributed by atoms with Crippen LogP contribution in [-0.2, 0) is 11.2 Å². The maximum absolute atomic E-state index is 10.7. The number of Topliss-reactive ketones (excluding diaryl/α,β-unsaturated/α-hetero) is 1. The first kappa shape index (κ1) is 9.25. The van der Waals surface area contributed by atoms with Gasteiger partial charge in [-0.05, 0) is 12.7 Å². The van der Waals surface area contributed by atoms with E-state index in [2.05, 4.69) is 10.1 Å². The normalized spacial score (nSPS) is 10.2. The third-order valence-corrected chi connectivity index (χ3v) is 1.83. The molecule has 66 valence electrons. The maximum atomic E-state index is 10.7. The highest BCUT2D eigenvalue weighted by Crippen LogP contribution is 2.14. The van der Waals surface area contributed by atoms with Crippen molar-refractivity contribution in [3.8, 4) is 0 Å². The van der Waals surface area contributed by atoms with Gasteiger partial charge in [0.2, 0.25) is 0 Å². The summed E-state index contributed by atoms with van der Waals surface area (Å²) in [6.45, 7) is 3.50. The first-order chi connectivity index (χ1) is 5.72. The molecule has 0 saturated heterocycles. The number of rotatable bonds is 4. The lowest BCUT2D eigenvalue weighted by Crippen LogP contribution is -1.97. The Morgan fingerprint density at radius 2 is 2.42 bits per heavy atom. The van der Waals surface area contributed by atoms with E-state index in [1.807, 2.05) is 6.92 Å². The highest BCUT2D eigenvalue weighted by atomic mass is 32.2. The molecule has 12 heavy (non-hydrogen) atoms. The Morgan fingerprint density at radius 3 is 3.00 bits per heavy atom. The number of ketones is 1. The van der Waals surface area contributed by atoms with Gasteiger partial charge in [-0.2, -0.15) is 4.98 Å². The minimum Gasteiger partial charge on any atom is -0.327 e. The molecule has 0 radical (unpaired) electrons. The number of carbonyl (C=O) groups excluding carboxylic acids is 1. The number of hydrogen-bond acceptors (Lipinski definition) is 5. The lowest BCUT2D eigenvalue weighted by molar-refractivity contribution is -0.116. The molecule has 0 aliphatic rings. The van der Waals surface area contributed by atoms with Gasteiger partial charge in [-0.25, -0.2) is 0 Å². The Labute approximate surface area is 74.7 Å². The molecule has 1 heterocycles. The quantitative estimate of drug-likeness (QED) is 0.663. The first-order valence-corrected chi connectivity index (χ1v) is 4.65. The monoisotopic (exact) mass is 186 g/mol. The van der Waals surface area contributed by atoms with Crippen molar-refractivity contribution in [1.29, 1.82) is 0 Å². The Balaban J connectivity index is 2.58. The number of hydrogen-bond donors (Lipinski definition) is 0. The molecule has 0 spiro atoms. The molecule has 0 amide bonds. The van der Waals surface area contributed by atoms with Crippen molar-refractivity contribution in [2.24, 2.45) is 0 Å². The predicted molar refractivity (Wildman–Crippen MR) is 45.1 cm³/mol. The molecule has 1 aromatic rings. The molecule has 0 unspecified atom stereocenters. The summed E-state index contributed by atoms with van der Waals surface area (Å²) in [5.74, 6) is 1.41. The average molecular weight is 186 g/mol. The van der Waals surface area contributed by atoms with Crippen LogP contribution in [0.4, 0.5) is 0 Å². The molecule has 0 atom stereocenters. The SMILES string of the molecule is CCSc1nc(CC(C)=O)no1. The maximum Gasteiger partial charge on any atom is 0.285 e. The van der Waals surface area contributed by atoms with Gasteiger partial charge < -0.3 is 4.52 Å². The van der Waals surface area contributed by atoms with Crippen LogP contribution in [0.1, 0.15) is 19.7 Å². The Kier molecular flexibility index (Phi) is 3.28. The second kappa shape index (κ2) is 4.25. The van der Waals surface area contributed by atoms with Crippen LogP contribution in [0, 0.1) is 0 Å². The van der Waals surface area contributed by atoms with E-state index in [1.54, 1.807) is 0 Å². The van der Waals surface area contributed by atoms with Crippen molar-refractivity contribution in [1.82, 2.24) is 10.1 Å². The fourth-order valence-corrected chi connectivity index (χ4v) is 1.22. The van der Waals surface area contributed by atoms with E-state index in [-0.39, 0.29) is 12.2 Å². The van der Waals surface area contributed by atoms with Crippen molar-refractivity contribution in [3.05, 3.63) is 5.82 Å². The Bertz CT molecular complexity index is 272. The third kappa shape index (κ3) is 2.65. The molecule has 0 fully saturated rings. The third-order valence-electron chi connectivity index (χ3n) is 1.12. The second-order valence-electron chi connectivity index (χ2n) is 2.29. The van der Waals surface area contributed by atoms with Crippen molar-refractivity contribution < 1.29 is 9.32 Å². The summed E-state index contributed by atoms with van der Waals surface area (Å²) >= 11 is 1.47. The molecule has 4 nitrogen and oxygen atoms in total. The smallest absolute Gasteiger partial charge is 0.285 e. The van der Waals surface area contributed by atoms with Gasteiger partial charge in [0.25, 0.3) is 5.22 Å². The van der Waals surface area contributed by atoms with Gasteiger partial charge in [-0.15, -0.1) is 0 Å². The summed E-state index contributed by atoms with van der Waals surface area (Å²) in [5.41, 5.74) is 0. The summed E-state index contributed by atoms with van der Waals surface area (Å²) in [4.78, 5) is 14.7. The Morgan fingerprint density at radius 1 is 1.67 bits per heavy atom. The van der Waals surface area contributed by atoms with E-state index in [4.69, 9.17) is 4.52 Å². The van der Waals surface area contributed by atoms with Gasteiger partial charge in [-0.3, -0.25) is 4.79 Å². The zero-order chi connectivity index (χ0) is 8.97. The van der Waals surface area contributed by atoms with E-state index in [0.29, 0.717) is 11.0 Å². The van der Waals surface area contributed by atoms with Crippen molar-refractivity contribution >= 4 is 17.5 Å². The second-order valence-corrected chi connectivity index (χ2v) is 3.50. The van der Waals surface area contributed by atoms with Crippen LogP contribution in [0.25, 0.3) is 0 Å². The summed E-state index contributed by atoms with van der Waals surface area (Å²) in [5, 5.41) is 4.18. The predicted octanol–water partition coefficient (Wildman–Crippen LogP) is 1.31. The number of thioether (sulfide) groups is 1. The first-order valence-electron chi connectivity index (χ1n) is 3.67. The summed E-state index contributed by atoms with van der Waals surface area (Å²) in [6, 6.07) is 0. The van der Waals surface area contributed by atoms with E-state index in [0.717, 1.165) is 5.75 Å². The van der Waals surface area contributed by atoms with Crippen LogP contribution in [0.2, 0.25) is 0 Å². The molecular weight excluding hydrogens is 176 g/mol. The highest BCUT2D eigenvalue weighted by molar-refractivity contribution is 7.99. The largest absolute Gasteiger partial charge is 0.327 e. The van der Waals surface area contributed by atoms with Crippen molar-refractivity contribution in [3.63, 3.8) is 0 Å². The molecule has 5 heteroatoms.